The zero-order chi connectivity index (χ0) is 16.1. The third kappa shape index (κ3) is 3.91. The molecule has 0 spiro atoms. The van der Waals surface area contributed by atoms with Gasteiger partial charge in [0.25, 0.3) is 0 Å². The molecule has 3 rings (SSSR count). The average molecular weight is 307 g/mol. The summed E-state index contributed by atoms with van der Waals surface area (Å²) >= 11 is 0. The predicted molar refractivity (Wildman–Crippen MR) is 83.0 cm³/mol. The van der Waals surface area contributed by atoms with Crippen LogP contribution in [-0.4, -0.2) is 16.1 Å². The van der Waals surface area contributed by atoms with Gasteiger partial charge in [-0.05, 0) is 24.3 Å². The molecule has 114 valence electrons. The first-order valence-electron chi connectivity index (χ1n) is 7.11. The Kier molecular flexibility index (Phi) is 4.29. The van der Waals surface area contributed by atoms with Crippen molar-refractivity contribution >= 4 is 5.97 Å². The fourth-order valence-corrected chi connectivity index (χ4v) is 2.10. The van der Waals surface area contributed by atoms with Crippen molar-refractivity contribution in [3.05, 3.63) is 84.4 Å². The van der Waals surface area contributed by atoms with E-state index in [0.29, 0.717) is 12.3 Å². The molecular formula is C18H15N2O3+. The predicted octanol–water partition coefficient (Wildman–Crippen LogP) is 2.34. The van der Waals surface area contributed by atoms with Crippen LogP contribution in [0.4, 0.5) is 0 Å². The lowest BCUT2D eigenvalue weighted by Crippen LogP contribution is -2.35. The van der Waals surface area contributed by atoms with Gasteiger partial charge in [0, 0.05) is 5.56 Å². The number of carbonyl (C=O) groups excluding carboxylic acids is 1. The van der Waals surface area contributed by atoms with Gasteiger partial charge in [-0.3, -0.25) is 0 Å². The van der Waals surface area contributed by atoms with Crippen molar-refractivity contribution < 1.29 is 19.2 Å². The minimum Gasteiger partial charge on any atom is -0.508 e. The van der Waals surface area contributed by atoms with Crippen molar-refractivity contribution in [3.63, 3.8) is 0 Å². The molecular weight excluding hydrogens is 292 g/mol. The molecule has 0 saturated heterocycles. The van der Waals surface area contributed by atoms with Gasteiger partial charge in [-0.25, -0.2) is 9.78 Å². The second-order valence-corrected chi connectivity index (χ2v) is 4.98. The van der Waals surface area contributed by atoms with Crippen LogP contribution < -0.4 is 9.30 Å². The Bertz CT molecular complexity index is 802. The molecule has 0 bridgehead atoms. The molecule has 0 aliphatic heterocycles. The van der Waals surface area contributed by atoms with Crippen LogP contribution in [0, 0.1) is 0 Å². The highest BCUT2D eigenvalue weighted by molar-refractivity contribution is 5.88. The Balaban J connectivity index is 1.73. The molecule has 0 saturated carbocycles. The number of esters is 1. The van der Waals surface area contributed by atoms with E-state index in [9.17, 15) is 9.90 Å². The van der Waals surface area contributed by atoms with E-state index >= 15 is 0 Å². The number of phenolic OH excluding ortho intramolecular Hbond substituents is 1. The van der Waals surface area contributed by atoms with Crippen LogP contribution in [0.2, 0.25) is 0 Å². The van der Waals surface area contributed by atoms with Crippen molar-refractivity contribution in [2.75, 3.05) is 0 Å². The SMILES string of the molecule is O=C(Oc1ccc(O)cc1)c1c[n+](Cc2ccccc2)ccn1. The number of aromatic nitrogens is 2. The van der Waals surface area contributed by atoms with E-state index in [1.54, 1.807) is 18.6 Å². The van der Waals surface area contributed by atoms with Gasteiger partial charge in [-0.2, -0.15) is 4.57 Å². The maximum absolute atomic E-state index is 12.1. The average Bonchev–Trinajstić information content (AvgIpc) is 2.58. The number of benzene rings is 2. The standard InChI is InChI=1S/C18H14N2O3/c21-15-6-8-16(9-7-15)23-18(22)17-13-20(11-10-19-17)12-14-4-2-1-3-5-14/h1-11,13H,12H2/p+1. The summed E-state index contributed by atoms with van der Waals surface area (Å²) in [6.07, 6.45) is 5.01. The summed E-state index contributed by atoms with van der Waals surface area (Å²) in [5.41, 5.74) is 1.35. The molecule has 5 heteroatoms. The van der Waals surface area contributed by atoms with E-state index in [4.69, 9.17) is 4.74 Å². The normalized spacial score (nSPS) is 10.3. The molecule has 1 aromatic heterocycles. The Morgan fingerprint density at radius 3 is 2.57 bits per heavy atom. The Labute approximate surface area is 133 Å². The zero-order valence-corrected chi connectivity index (χ0v) is 12.3. The first-order chi connectivity index (χ1) is 11.2. The van der Waals surface area contributed by atoms with E-state index in [-0.39, 0.29) is 11.4 Å². The molecule has 1 N–H and O–H groups in total. The topological polar surface area (TPSA) is 63.3 Å². The zero-order valence-electron chi connectivity index (χ0n) is 12.3. The van der Waals surface area contributed by atoms with Crippen molar-refractivity contribution in [2.45, 2.75) is 6.54 Å². The molecule has 0 fully saturated rings. The van der Waals surface area contributed by atoms with E-state index in [2.05, 4.69) is 4.98 Å². The number of rotatable bonds is 4. The van der Waals surface area contributed by atoms with Crippen LogP contribution >= 0.6 is 0 Å². The lowest BCUT2D eigenvalue weighted by atomic mass is 10.2. The summed E-state index contributed by atoms with van der Waals surface area (Å²) < 4.78 is 7.11. The number of hydrogen-bond donors (Lipinski definition) is 1. The summed E-state index contributed by atoms with van der Waals surface area (Å²) in [5, 5.41) is 9.23. The summed E-state index contributed by atoms with van der Waals surface area (Å²) in [6, 6.07) is 15.9. The smallest absolute Gasteiger partial charge is 0.368 e. The molecule has 23 heavy (non-hydrogen) atoms. The van der Waals surface area contributed by atoms with Gasteiger partial charge >= 0.3 is 5.97 Å². The number of hydrogen-bond acceptors (Lipinski definition) is 4. The molecule has 0 amide bonds. The molecule has 5 nitrogen and oxygen atoms in total. The van der Waals surface area contributed by atoms with E-state index in [1.165, 1.54) is 24.3 Å². The fraction of sp³-hybridized carbons (Fsp3) is 0.0556. The Morgan fingerprint density at radius 2 is 1.83 bits per heavy atom. The fourth-order valence-electron chi connectivity index (χ4n) is 2.10. The first-order valence-corrected chi connectivity index (χ1v) is 7.11. The lowest BCUT2D eigenvalue weighted by molar-refractivity contribution is -0.689. The van der Waals surface area contributed by atoms with E-state index < -0.39 is 5.97 Å². The van der Waals surface area contributed by atoms with Crippen LogP contribution in [0.15, 0.2) is 73.2 Å². The van der Waals surface area contributed by atoms with Crippen LogP contribution in [0.1, 0.15) is 16.1 Å². The number of phenols is 1. The van der Waals surface area contributed by atoms with Gasteiger partial charge in [0.2, 0.25) is 11.9 Å². The third-order valence-electron chi connectivity index (χ3n) is 3.22. The van der Waals surface area contributed by atoms with E-state index in [0.717, 1.165) is 5.56 Å². The van der Waals surface area contributed by atoms with Gasteiger partial charge in [0.05, 0.1) is 6.20 Å². The maximum atomic E-state index is 12.1. The first kappa shape index (κ1) is 14.7. The molecule has 3 aromatic rings. The number of aromatic hydroxyl groups is 1. The van der Waals surface area contributed by atoms with Gasteiger partial charge in [0.15, 0.2) is 12.7 Å². The van der Waals surface area contributed by atoms with Crippen LogP contribution in [0.25, 0.3) is 0 Å². The molecule has 0 aliphatic carbocycles. The summed E-state index contributed by atoms with van der Waals surface area (Å²) in [7, 11) is 0. The molecule has 0 radical (unpaired) electrons. The monoisotopic (exact) mass is 307 g/mol. The molecule has 0 aliphatic rings. The van der Waals surface area contributed by atoms with Crippen molar-refractivity contribution in [2.24, 2.45) is 0 Å². The maximum Gasteiger partial charge on any atom is 0.368 e. The van der Waals surface area contributed by atoms with Gasteiger partial charge in [0.1, 0.15) is 11.5 Å². The van der Waals surface area contributed by atoms with Gasteiger partial charge in [-0.15, -0.1) is 0 Å². The number of ether oxygens (including phenoxy) is 1. The van der Waals surface area contributed by atoms with Gasteiger partial charge in [-0.1, -0.05) is 30.3 Å². The minimum absolute atomic E-state index is 0.114. The van der Waals surface area contributed by atoms with Crippen molar-refractivity contribution in [3.8, 4) is 11.5 Å². The Morgan fingerprint density at radius 1 is 1.09 bits per heavy atom. The summed E-state index contributed by atoms with van der Waals surface area (Å²) in [5.74, 6) is -0.0745. The van der Waals surface area contributed by atoms with Crippen molar-refractivity contribution in [1.82, 2.24) is 4.98 Å². The highest BCUT2D eigenvalue weighted by Gasteiger charge is 2.15. The summed E-state index contributed by atoms with van der Waals surface area (Å²) in [6.45, 7) is 0.642. The molecule has 0 atom stereocenters. The highest BCUT2D eigenvalue weighted by Crippen LogP contribution is 2.16. The Hall–Kier alpha value is -3.21. The largest absolute Gasteiger partial charge is 0.508 e. The second kappa shape index (κ2) is 6.70. The summed E-state index contributed by atoms with van der Waals surface area (Å²) in [4.78, 5) is 16.2. The van der Waals surface area contributed by atoms with Crippen LogP contribution in [0.5, 0.6) is 11.5 Å². The minimum atomic E-state index is -0.543. The molecule has 2 aromatic carbocycles. The molecule has 0 unspecified atom stereocenters. The quantitative estimate of drug-likeness (QED) is 0.456. The number of nitrogens with zero attached hydrogens (tertiary/aromatic N) is 2. The highest BCUT2D eigenvalue weighted by atomic mass is 16.5. The number of carbonyl (C=O) groups is 1. The van der Waals surface area contributed by atoms with E-state index in [1.807, 2.05) is 34.9 Å². The van der Waals surface area contributed by atoms with Gasteiger partial charge < -0.3 is 9.84 Å². The third-order valence-corrected chi connectivity index (χ3v) is 3.22. The van der Waals surface area contributed by atoms with Crippen LogP contribution in [-0.2, 0) is 6.54 Å². The second-order valence-electron chi connectivity index (χ2n) is 4.98. The van der Waals surface area contributed by atoms with Crippen LogP contribution in [0.3, 0.4) is 0 Å². The van der Waals surface area contributed by atoms with Crippen molar-refractivity contribution in [1.29, 1.82) is 0 Å². The lowest BCUT2D eigenvalue weighted by Gasteiger charge is -2.03. The molecule has 1 heterocycles.